The van der Waals surface area contributed by atoms with Gasteiger partial charge in [-0.3, -0.25) is 9.59 Å². The summed E-state index contributed by atoms with van der Waals surface area (Å²) in [5.41, 5.74) is 3.38. The highest BCUT2D eigenvalue weighted by Gasteiger charge is 2.41. The van der Waals surface area contributed by atoms with Crippen molar-refractivity contribution in [3.05, 3.63) is 60.3 Å². The van der Waals surface area contributed by atoms with E-state index in [2.05, 4.69) is 31.6 Å². The van der Waals surface area contributed by atoms with Crippen LogP contribution in [0.25, 0.3) is 33.6 Å². The van der Waals surface area contributed by atoms with Crippen molar-refractivity contribution in [2.24, 2.45) is 13.0 Å². The number of rotatable bonds is 9. The summed E-state index contributed by atoms with van der Waals surface area (Å²) in [5, 5.41) is 4.09. The Morgan fingerprint density at radius 2 is 1.85 bits per heavy atom. The summed E-state index contributed by atoms with van der Waals surface area (Å²) in [7, 11) is 7.55. The van der Waals surface area contributed by atoms with Crippen molar-refractivity contribution in [2.75, 3.05) is 40.8 Å². The van der Waals surface area contributed by atoms with Crippen molar-refractivity contribution in [3.63, 3.8) is 0 Å². The number of imidazole rings is 1. The van der Waals surface area contributed by atoms with Gasteiger partial charge in [-0.05, 0) is 90.0 Å². The monoisotopic (exact) mass is 654 g/mol. The molecule has 3 amide bonds. The Morgan fingerprint density at radius 3 is 2.56 bits per heavy atom. The first-order chi connectivity index (χ1) is 22.8. The second-order valence-corrected chi connectivity index (χ2v) is 14.3. The van der Waals surface area contributed by atoms with Gasteiger partial charge in [-0.25, -0.2) is 14.8 Å². The average Bonchev–Trinajstić information content (AvgIpc) is 3.50. The largest absolute Gasteiger partial charge is 0.444 e. The van der Waals surface area contributed by atoms with E-state index in [0.717, 1.165) is 34.6 Å². The van der Waals surface area contributed by atoms with Crippen LogP contribution in [-0.4, -0.2) is 110 Å². The molecular weight excluding hydrogens is 608 g/mol. The van der Waals surface area contributed by atoms with Crippen molar-refractivity contribution in [2.45, 2.75) is 57.8 Å². The van der Waals surface area contributed by atoms with Crippen LogP contribution in [0.4, 0.5) is 4.79 Å². The van der Waals surface area contributed by atoms with Crippen LogP contribution in [0, 0.1) is 5.92 Å². The molecule has 3 aromatic heterocycles. The number of nitrogens with zero attached hydrogens (tertiary/aromatic N) is 7. The molecule has 254 valence electrons. The number of hydrogen-bond donors (Lipinski definition) is 1. The van der Waals surface area contributed by atoms with Gasteiger partial charge in [0.15, 0.2) is 5.82 Å². The molecule has 2 atom stereocenters. The summed E-state index contributed by atoms with van der Waals surface area (Å²) >= 11 is 0. The number of nitrogens with one attached hydrogen (secondary N) is 1. The Hall–Kier alpha value is -4.71. The molecule has 1 aliphatic heterocycles. The van der Waals surface area contributed by atoms with Gasteiger partial charge < -0.3 is 33.9 Å². The minimum absolute atomic E-state index is 0.219. The molecule has 0 spiro atoms. The summed E-state index contributed by atoms with van der Waals surface area (Å²) in [5.74, 6) is 0.959. The van der Waals surface area contributed by atoms with Crippen molar-refractivity contribution >= 4 is 40.0 Å². The second kappa shape index (κ2) is 13.1. The molecule has 2 aliphatic rings. The lowest BCUT2D eigenvalue weighted by Gasteiger charge is -2.29. The quantitative estimate of drug-likeness (QED) is 0.268. The molecule has 2 fully saturated rings. The molecular formula is C36H46N8O4. The third kappa shape index (κ3) is 7.08. The number of pyridine rings is 1. The molecule has 6 rings (SSSR count). The van der Waals surface area contributed by atoms with Crippen LogP contribution < -0.4 is 5.32 Å². The molecule has 48 heavy (non-hydrogen) atoms. The fraction of sp³-hybridized carbons (Fsp3) is 0.472. The standard InChI is InChI=1S/C36H46N8O4/c1-36(2,3)48-35(47)43-21-27(38-31(45)11-9-17-40(4)5)30(22-43)42(7)34(46)25-14-15-28-26(18-25)39-33(41(28)6)29-19-24-10-8-16-37-32(24)44(29)20-23-12-13-23/h8-11,14-16,18-19,23,27,30H,12-13,17,20-22H2,1-7H3,(H,38,45)/b11-9+/t27-,30-/m1/s1. The molecule has 1 saturated carbocycles. The number of carbonyl (C=O) groups is 3. The normalized spacial score (nSPS) is 18.4. The van der Waals surface area contributed by atoms with E-state index in [4.69, 9.17) is 9.72 Å². The zero-order valence-electron chi connectivity index (χ0n) is 28.9. The first kappa shape index (κ1) is 33.2. The Bertz CT molecular complexity index is 1880. The zero-order valence-corrected chi connectivity index (χ0v) is 28.9. The fourth-order valence-electron chi connectivity index (χ4n) is 6.33. The van der Waals surface area contributed by atoms with E-state index in [1.807, 2.05) is 77.3 Å². The molecule has 1 saturated heterocycles. The smallest absolute Gasteiger partial charge is 0.410 e. The van der Waals surface area contributed by atoms with Crippen LogP contribution in [0.3, 0.4) is 0 Å². The topological polar surface area (TPSA) is 118 Å². The van der Waals surface area contributed by atoms with E-state index in [1.165, 1.54) is 18.9 Å². The first-order valence-corrected chi connectivity index (χ1v) is 16.6. The van der Waals surface area contributed by atoms with E-state index >= 15 is 0 Å². The fourth-order valence-corrected chi connectivity index (χ4v) is 6.33. The van der Waals surface area contributed by atoms with E-state index in [1.54, 1.807) is 22.9 Å². The Balaban J connectivity index is 1.27. The van der Waals surface area contributed by atoms with Gasteiger partial charge >= 0.3 is 6.09 Å². The number of carbonyl (C=O) groups excluding carboxylic acids is 3. The molecule has 4 aromatic rings. The van der Waals surface area contributed by atoms with Gasteiger partial charge in [-0.1, -0.05) is 6.08 Å². The summed E-state index contributed by atoms with van der Waals surface area (Å²) < 4.78 is 9.96. The van der Waals surface area contributed by atoms with Gasteiger partial charge in [0.25, 0.3) is 5.91 Å². The van der Waals surface area contributed by atoms with E-state index in [0.29, 0.717) is 23.5 Å². The summed E-state index contributed by atoms with van der Waals surface area (Å²) in [6, 6.07) is 10.8. The molecule has 0 radical (unpaired) electrons. The van der Waals surface area contributed by atoms with Crippen LogP contribution in [-0.2, 0) is 23.1 Å². The predicted molar refractivity (Wildman–Crippen MR) is 185 cm³/mol. The molecule has 12 nitrogen and oxygen atoms in total. The maximum absolute atomic E-state index is 14.0. The zero-order chi connectivity index (χ0) is 34.3. The van der Waals surface area contributed by atoms with E-state index < -0.39 is 23.8 Å². The lowest BCUT2D eigenvalue weighted by molar-refractivity contribution is -0.117. The number of likely N-dealkylation sites (N-methyl/N-ethyl adjacent to an activating group) is 2. The average molecular weight is 655 g/mol. The number of aryl methyl sites for hydroxylation is 1. The Kier molecular flexibility index (Phi) is 9.04. The number of aromatic nitrogens is 4. The Morgan fingerprint density at radius 1 is 1.08 bits per heavy atom. The number of ether oxygens (including phenoxy) is 1. The highest BCUT2D eigenvalue weighted by molar-refractivity contribution is 5.98. The van der Waals surface area contributed by atoms with Crippen LogP contribution in [0.5, 0.6) is 0 Å². The first-order valence-electron chi connectivity index (χ1n) is 16.6. The highest BCUT2D eigenvalue weighted by atomic mass is 16.6. The van der Waals surface area contributed by atoms with Crippen molar-refractivity contribution in [1.29, 1.82) is 0 Å². The van der Waals surface area contributed by atoms with E-state index in [9.17, 15) is 14.4 Å². The van der Waals surface area contributed by atoms with Gasteiger partial charge in [0.2, 0.25) is 5.91 Å². The third-order valence-electron chi connectivity index (χ3n) is 8.98. The maximum atomic E-state index is 14.0. The third-order valence-corrected chi connectivity index (χ3v) is 8.98. The van der Waals surface area contributed by atoms with Gasteiger partial charge in [-0.15, -0.1) is 0 Å². The lowest BCUT2D eigenvalue weighted by Crippen LogP contribution is -2.51. The van der Waals surface area contributed by atoms with Gasteiger partial charge in [-0.2, -0.15) is 0 Å². The number of amides is 3. The highest BCUT2D eigenvalue weighted by Crippen LogP contribution is 2.36. The number of benzene rings is 1. The second-order valence-electron chi connectivity index (χ2n) is 14.3. The number of fused-ring (bicyclic) bond motifs is 2. The number of likely N-dealkylation sites (tertiary alicyclic amines) is 1. The molecule has 0 bridgehead atoms. The molecule has 1 N–H and O–H groups in total. The Labute approximate surface area is 281 Å². The van der Waals surface area contributed by atoms with Crippen LogP contribution in [0.15, 0.2) is 54.7 Å². The number of hydrogen-bond acceptors (Lipinski definition) is 7. The molecule has 0 unspecified atom stereocenters. The van der Waals surface area contributed by atoms with Crippen LogP contribution in [0.1, 0.15) is 44.0 Å². The molecule has 1 aliphatic carbocycles. The SMILES string of the molecule is CN(C)C/C=C/C(=O)N[C@@H]1CN(C(=O)OC(C)(C)C)C[C@H]1N(C)C(=O)c1ccc2c(c1)nc(-c1cc3cccnc3n1CC1CC1)n2C. The predicted octanol–water partition coefficient (Wildman–Crippen LogP) is 4.29. The van der Waals surface area contributed by atoms with Crippen LogP contribution in [0.2, 0.25) is 0 Å². The van der Waals surface area contributed by atoms with E-state index in [-0.39, 0.29) is 24.9 Å². The maximum Gasteiger partial charge on any atom is 0.410 e. The summed E-state index contributed by atoms with van der Waals surface area (Å²) in [6.45, 7) is 7.39. The molecule has 1 aromatic carbocycles. The summed E-state index contributed by atoms with van der Waals surface area (Å²) in [4.78, 5) is 54.8. The van der Waals surface area contributed by atoms with Gasteiger partial charge in [0.1, 0.15) is 11.2 Å². The minimum atomic E-state index is -0.676. The van der Waals surface area contributed by atoms with Gasteiger partial charge in [0, 0.05) is 63.5 Å². The van der Waals surface area contributed by atoms with Gasteiger partial charge in [0.05, 0.1) is 28.8 Å². The van der Waals surface area contributed by atoms with Crippen molar-refractivity contribution in [1.82, 2.24) is 39.1 Å². The minimum Gasteiger partial charge on any atom is -0.444 e. The van der Waals surface area contributed by atoms with Crippen molar-refractivity contribution < 1.29 is 19.1 Å². The molecule has 4 heterocycles. The van der Waals surface area contributed by atoms with Crippen molar-refractivity contribution in [3.8, 4) is 11.5 Å². The van der Waals surface area contributed by atoms with Crippen LogP contribution >= 0.6 is 0 Å². The lowest BCUT2D eigenvalue weighted by atomic mass is 10.1. The molecule has 12 heteroatoms. The summed E-state index contributed by atoms with van der Waals surface area (Å²) in [6.07, 6.45) is 7.06.